The number of aromatic nitrogens is 3. The van der Waals surface area contributed by atoms with Gasteiger partial charge in [-0.1, -0.05) is 0 Å². The monoisotopic (exact) mass is 381 g/mol. The van der Waals surface area contributed by atoms with Crippen molar-refractivity contribution in [2.75, 3.05) is 58.1 Å². The van der Waals surface area contributed by atoms with Gasteiger partial charge in [0.1, 0.15) is 5.82 Å². The van der Waals surface area contributed by atoms with Crippen LogP contribution in [0.15, 0.2) is 30.7 Å². The molecule has 0 saturated carbocycles. The first-order valence-corrected chi connectivity index (χ1v) is 9.09. The highest BCUT2D eigenvalue weighted by Crippen LogP contribution is 2.35. The van der Waals surface area contributed by atoms with Crippen molar-refractivity contribution < 1.29 is 4.79 Å². The summed E-state index contributed by atoms with van der Waals surface area (Å²) < 4.78 is 0. The van der Waals surface area contributed by atoms with Gasteiger partial charge in [-0.2, -0.15) is 0 Å². The summed E-state index contributed by atoms with van der Waals surface area (Å²) >= 11 is 0. The topological polar surface area (TPSA) is 94.4 Å². The third-order valence-corrected chi connectivity index (χ3v) is 4.74. The van der Waals surface area contributed by atoms with E-state index in [-0.39, 0.29) is 0 Å². The van der Waals surface area contributed by atoms with E-state index in [0.717, 1.165) is 35.7 Å². The molecule has 3 N–H and O–H groups in total. The molecular weight excluding hydrogens is 354 g/mol. The molecule has 2 heterocycles. The van der Waals surface area contributed by atoms with Crippen LogP contribution in [-0.2, 0) is 0 Å². The molecule has 3 rings (SSSR count). The van der Waals surface area contributed by atoms with E-state index in [1.165, 1.54) is 0 Å². The number of hydrogen-bond donors (Lipinski definition) is 2. The van der Waals surface area contributed by atoms with Gasteiger partial charge in [0.05, 0.1) is 28.6 Å². The van der Waals surface area contributed by atoms with Crippen LogP contribution >= 0.6 is 0 Å². The average Bonchev–Trinajstić information content (AvgIpc) is 3.14. The van der Waals surface area contributed by atoms with E-state index in [1.807, 2.05) is 69.4 Å². The van der Waals surface area contributed by atoms with Crippen LogP contribution in [-0.4, -0.2) is 74.1 Å². The number of primary amides is 1. The third-order valence-electron chi connectivity index (χ3n) is 4.74. The smallest absolute Gasteiger partial charge is 0.253 e. The van der Waals surface area contributed by atoms with Gasteiger partial charge in [0.25, 0.3) is 5.91 Å². The Labute approximate surface area is 165 Å². The quantitative estimate of drug-likeness (QED) is 0.648. The van der Waals surface area contributed by atoms with Gasteiger partial charge >= 0.3 is 0 Å². The van der Waals surface area contributed by atoms with Crippen molar-refractivity contribution in [2.24, 2.45) is 5.73 Å². The Hall–Kier alpha value is -3.13. The second-order valence-corrected chi connectivity index (χ2v) is 7.33. The molecule has 0 aliphatic carbocycles. The number of carbonyl (C=O) groups is 1. The van der Waals surface area contributed by atoms with Gasteiger partial charge in [-0.15, -0.1) is 0 Å². The lowest BCUT2D eigenvalue weighted by Gasteiger charge is -2.24. The summed E-state index contributed by atoms with van der Waals surface area (Å²) in [6.45, 7) is 1.61. The number of H-pyrrole nitrogens is 1. The van der Waals surface area contributed by atoms with Crippen molar-refractivity contribution in [1.82, 2.24) is 19.9 Å². The lowest BCUT2D eigenvalue weighted by molar-refractivity contribution is 0.100. The number of anilines is 2. The number of imidazole rings is 1. The molecule has 8 nitrogen and oxygen atoms in total. The zero-order valence-electron chi connectivity index (χ0n) is 17.0. The summed E-state index contributed by atoms with van der Waals surface area (Å²) in [4.78, 5) is 30.4. The lowest BCUT2D eigenvalue weighted by Crippen LogP contribution is -2.30. The van der Waals surface area contributed by atoms with Crippen molar-refractivity contribution in [3.63, 3.8) is 0 Å². The number of nitrogens with one attached hydrogen (secondary N) is 1. The minimum atomic E-state index is -0.478. The molecule has 0 spiro atoms. The highest BCUT2D eigenvalue weighted by Gasteiger charge is 2.21. The summed E-state index contributed by atoms with van der Waals surface area (Å²) in [6, 6.07) is 5.95. The molecule has 1 aromatic carbocycles. The van der Waals surface area contributed by atoms with E-state index in [4.69, 9.17) is 5.73 Å². The molecule has 0 radical (unpaired) electrons. The number of nitrogens with zero attached hydrogens (tertiary/aromatic N) is 5. The number of rotatable bonds is 7. The number of aromatic amines is 1. The first-order valence-electron chi connectivity index (χ1n) is 9.09. The van der Waals surface area contributed by atoms with Crippen molar-refractivity contribution >= 4 is 28.4 Å². The average molecular weight is 381 g/mol. The number of fused-ring (bicyclic) bond motifs is 1. The molecule has 8 heteroatoms. The van der Waals surface area contributed by atoms with E-state index in [0.29, 0.717) is 16.6 Å². The number of likely N-dealkylation sites (N-methyl/N-ethyl adjacent to an activating group) is 2. The van der Waals surface area contributed by atoms with Gasteiger partial charge in [0.2, 0.25) is 0 Å². The molecule has 0 unspecified atom stereocenters. The zero-order chi connectivity index (χ0) is 20.4. The van der Waals surface area contributed by atoms with Crippen molar-refractivity contribution in [3.8, 4) is 11.1 Å². The highest BCUT2D eigenvalue weighted by atomic mass is 16.1. The van der Waals surface area contributed by atoms with E-state index < -0.39 is 5.91 Å². The fraction of sp³-hybridized carbons (Fsp3) is 0.350. The highest BCUT2D eigenvalue weighted by molar-refractivity contribution is 6.12. The van der Waals surface area contributed by atoms with Crippen LogP contribution in [0.1, 0.15) is 10.4 Å². The lowest BCUT2D eigenvalue weighted by atomic mass is 9.99. The van der Waals surface area contributed by atoms with Crippen LogP contribution in [0.5, 0.6) is 0 Å². The second kappa shape index (κ2) is 7.85. The number of pyridine rings is 1. The van der Waals surface area contributed by atoms with Crippen LogP contribution in [0.4, 0.5) is 11.5 Å². The Balaban J connectivity index is 2.16. The number of amides is 1. The standard InChI is InChI=1S/C20H27N7O/c1-25(2)8-9-27(5)15-10-14(13-6-7-16(22-11-13)26(3)4)18-19(24-12-23-18)17(15)20(21)28/h6-7,10-12H,8-9H2,1-5H3,(H2,21,28)(H,23,24). The molecule has 148 valence electrons. The normalized spacial score (nSPS) is 11.2. The van der Waals surface area contributed by atoms with Crippen molar-refractivity contribution in [1.29, 1.82) is 0 Å². The first kappa shape index (κ1) is 19.6. The Morgan fingerprint density at radius 2 is 1.86 bits per heavy atom. The van der Waals surface area contributed by atoms with Gasteiger partial charge < -0.3 is 25.4 Å². The number of carbonyl (C=O) groups excluding carboxylic acids is 1. The van der Waals surface area contributed by atoms with Crippen LogP contribution < -0.4 is 15.5 Å². The summed E-state index contributed by atoms with van der Waals surface area (Å²) in [5.41, 5.74) is 10.2. The van der Waals surface area contributed by atoms with Crippen LogP contribution in [0.25, 0.3) is 22.2 Å². The molecule has 0 aliphatic heterocycles. The molecule has 3 aromatic rings. The molecule has 2 aromatic heterocycles. The molecular formula is C20H27N7O. The van der Waals surface area contributed by atoms with Crippen LogP contribution in [0.3, 0.4) is 0 Å². The van der Waals surface area contributed by atoms with Crippen LogP contribution in [0.2, 0.25) is 0 Å². The largest absolute Gasteiger partial charge is 0.373 e. The predicted octanol–water partition coefficient (Wildman–Crippen LogP) is 1.79. The van der Waals surface area contributed by atoms with Gasteiger partial charge in [-0.3, -0.25) is 4.79 Å². The van der Waals surface area contributed by atoms with E-state index in [9.17, 15) is 4.79 Å². The Kier molecular flexibility index (Phi) is 5.51. The zero-order valence-corrected chi connectivity index (χ0v) is 17.0. The Bertz CT molecular complexity index is 976. The molecule has 0 fully saturated rings. The molecule has 0 bridgehead atoms. The molecule has 28 heavy (non-hydrogen) atoms. The molecule has 0 atom stereocenters. The maximum Gasteiger partial charge on any atom is 0.253 e. The van der Waals surface area contributed by atoms with Crippen LogP contribution in [0, 0.1) is 0 Å². The summed E-state index contributed by atoms with van der Waals surface area (Å²) in [5, 5.41) is 0. The number of benzene rings is 1. The third kappa shape index (κ3) is 3.77. The fourth-order valence-corrected chi connectivity index (χ4v) is 3.15. The minimum absolute atomic E-state index is 0.454. The minimum Gasteiger partial charge on any atom is -0.373 e. The van der Waals surface area contributed by atoms with Gasteiger partial charge in [-0.05, 0) is 32.3 Å². The maximum atomic E-state index is 12.3. The van der Waals surface area contributed by atoms with E-state index in [2.05, 4.69) is 19.9 Å². The second-order valence-electron chi connectivity index (χ2n) is 7.33. The molecule has 0 aliphatic rings. The van der Waals surface area contributed by atoms with Gasteiger partial charge in [0.15, 0.2) is 0 Å². The van der Waals surface area contributed by atoms with Crippen molar-refractivity contribution in [2.45, 2.75) is 0 Å². The first-order chi connectivity index (χ1) is 13.3. The van der Waals surface area contributed by atoms with Gasteiger partial charge in [0, 0.05) is 51.6 Å². The fourth-order valence-electron chi connectivity index (χ4n) is 3.15. The van der Waals surface area contributed by atoms with E-state index >= 15 is 0 Å². The van der Waals surface area contributed by atoms with Crippen molar-refractivity contribution in [3.05, 3.63) is 36.3 Å². The SMILES string of the molecule is CN(C)CCN(C)c1cc(-c2ccc(N(C)C)nc2)c2nc[nH]c2c1C(N)=O. The predicted molar refractivity (Wildman–Crippen MR) is 114 cm³/mol. The summed E-state index contributed by atoms with van der Waals surface area (Å²) in [5.74, 6) is 0.396. The Morgan fingerprint density at radius 1 is 1.11 bits per heavy atom. The molecule has 0 saturated heterocycles. The summed E-state index contributed by atoms with van der Waals surface area (Å²) in [6.07, 6.45) is 3.41. The van der Waals surface area contributed by atoms with E-state index in [1.54, 1.807) is 6.33 Å². The number of nitrogens with two attached hydrogens (primary N) is 1. The maximum absolute atomic E-state index is 12.3. The molecule has 1 amide bonds. The van der Waals surface area contributed by atoms with Gasteiger partial charge in [-0.25, -0.2) is 9.97 Å². The number of hydrogen-bond acceptors (Lipinski definition) is 6. The summed E-state index contributed by atoms with van der Waals surface area (Å²) in [7, 11) is 9.90. The Morgan fingerprint density at radius 3 is 2.43 bits per heavy atom.